The van der Waals surface area contributed by atoms with Gasteiger partial charge in [0.2, 0.25) is 0 Å². The Bertz CT molecular complexity index is 476. The molecule has 0 amide bonds. The predicted molar refractivity (Wildman–Crippen MR) is 86.1 cm³/mol. The van der Waals surface area contributed by atoms with Crippen molar-refractivity contribution in [3.05, 3.63) is 35.1 Å². The molecule has 0 saturated carbocycles. The normalized spacial score (nSPS) is 12.0. The number of carbonyl (C=O) groups is 1. The molecule has 1 aromatic carbocycles. The van der Waals surface area contributed by atoms with Gasteiger partial charge in [-0.15, -0.1) is 0 Å². The van der Waals surface area contributed by atoms with Crippen molar-refractivity contribution in [3.8, 4) is 0 Å². The van der Waals surface area contributed by atoms with Crippen LogP contribution in [0.3, 0.4) is 0 Å². The zero-order valence-electron chi connectivity index (χ0n) is 14.0. The van der Waals surface area contributed by atoms with Crippen molar-refractivity contribution in [3.63, 3.8) is 0 Å². The van der Waals surface area contributed by atoms with Crippen molar-refractivity contribution in [2.45, 2.75) is 59.4 Å². The summed E-state index contributed by atoms with van der Waals surface area (Å²) in [5.74, 6) is -0.00408. The highest BCUT2D eigenvalue weighted by Gasteiger charge is 2.38. The fraction of sp³-hybridized carbons (Fsp3) is 0.611. The molecule has 0 heterocycles. The highest BCUT2D eigenvalue weighted by Crippen LogP contribution is 2.27. The third-order valence-corrected chi connectivity index (χ3v) is 4.71. The van der Waals surface area contributed by atoms with Gasteiger partial charge in [-0.3, -0.25) is 9.69 Å². The summed E-state index contributed by atoms with van der Waals surface area (Å²) in [5.41, 5.74) is 1.38. The molecule has 1 aromatic rings. The number of hydrogen-bond donors (Lipinski definition) is 0. The molecule has 0 aromatic heterocycles. The van der Waals surface area contributed by atoms with Crippen LogP contribution >= 0.6 is 0 Å². The largest absolute Gasteiger partial charge is 0.297 e. The lowest BCUT2D eigenvalue weighted by atomic mass is 9.82. The first-order valence-electron chi connectivity index (χ1n) is 7.98. The van der Waals surface area contributed by atoms with Gasteiger partial charge in [0, 0.05) is 6.42 Å². The van der Waals surface area contributed by atoms with Gasteiger partial charge in [-0.2, -0.15) is 0 Å². The molecule has 0 N–H and O–H groups in total. The van der Waals surface area contributed by atoms with Crippen LogP contribution < -0.4 is 0 Å². The average Bonchev–Trinajstić information content (AvgIpc) is 2.47. The van der Waals surface area contributed by atoms with Gasteiger partial charge in [0.15, 0.2) is 5.78 Å². The first-order valence-corrected chi connectivity index (χ1v) is 7.98. The zero-order chi connectivity index (χ0) is 16.0. The van der Waals surface area contributed by atoms with Gasteiger partial charge >= 0.3 is 0 Å². The van der Waals surface area contributed by atoms with Gasteiger partial charge in [0.1, 0.15) is 5.82 Å². The molecule has 0 bridgehead atoms. The topological polar surface area (TPSA) is 20.3 Å². The molecular formula is C18H28FNO. The third kappa shape index (κ3) is 3.70. The molecule has 0 atom stereocenters. The Morgan fingerprint density at radius 1 is 1.14 bits per heavy atom. The number of Topliss-reactive ketones (excluding diaryl/α,β-unsaturated/α-hetero) is 1. The number of halogens is 1. The lowest BCUT2D eigenvalue weighted by Crippen LogP contribution is -2.54. The third-order valence-electron chi connectivity index (χ3n) is 4.71. The Hall–Kier alpha value is -1.22. The van der Waals surface area contributed by atoms with Crippen LogP contribution in [0, 0.1) is 12.7 Å². The minimum atomic E-state index is -0.398. The Balaban J connectivity index is 3.07. The first-order chi connectivity index (χ1) is 9.94. The predicted octanol–water partition coefficient (Wildman–Crippen LogP) is 4.15. The van der Waals surface area contributed by atoms with Crippen molar-refractivity contribution in [1.82, 2.24) is 4.90 Å². The van der Waals surface area contributed by atoms with Crippen LogP contribution in [-0.2, 0) is 11.2 Å². The summed E-state index contributed by atoms with van der Waals surface area (Å²) >= 11 is 0. The average molecular weight is 293 g/mol. The highest BCUT2D eigenvalue weighted by atomic mass is 19.1. The number of likely N-dealkylation sites (N-methyl/N-ethyl adjacent to an activating group) is 1. The Kier molecular flexibility index (Phi) is 6.53. The summed E-state index contributed by atoms with van der Waals surface area (Å²) in [6, 6.07) is 4.67. The van der Waals surface area contributed by atoms with Crippen LogP contribution in [0.4, 0.5) is 4.39 Å². The van der Waals surface area contributed by atoms with E-state index in [9.17, 15) is 9.18 Å². The minimum absolute atomic E-state index is 0.242. The summed E-state index contributed by atoms with van der Waals surface area (Å²) in [6.07, 6.45) is 2.00. The second-order valence-electron chi connectivity index (χ2n) is 5.58. The number of rotatable bonds is 8. The summed E-state index contributed by atoms with van der Waals surface area (Å²) in [4.78, 5) is 15.2. The summed E-state index contributed by atoms with van der Waals surface area (Å²) < 4.78 is 13.2. The summed E-state index contributed by atoms with van der Waals surface area (Å²) in [7, 11) is 0. The molecule has 3 heteroatoms. The molecule has 0 aliphatic rings. The number of carbonyl (C=O) groups excluding carboxylic acids is 1. The second kappa shape index (κ2) is 7.69. The zero-order valence-corrected chi connectivity index (χ0v) is 14.0. The van der Waals surface area contributed by atoms with Crippen LogP contribution in [0.2, 0.25) is 0 Å². The number of hydrogen-bond acceptors (Lipinski definition) is 2. The maximum atomic E-state index is 13.2. The smallest absolute Gasteiger partial charge is 0.157 e. The molecule has 0 saturated heterocycles. The monoisotopic (exact) mass is 293 g/mol. The number of nitrogens with zero attached hydrogens (tertiary/aromatic N) is 1. The van der Waals surface area contributed by atoms with E-state index in [-0.39, 0.29) is 11.6 Å². The lowest BCUT2D eigenvalue weighted by Gasteiger charge is -2.41. The van der Waals surface area contributed by atoms with Crippen molar-refractivity contribution in [2.24, 2.45) is 0 Å². The second-order valence-corrected chi connectivity index (χ2v) is 5.58. The van der Waals surface area contributed by atoms with E-state index in [2.05, 4.69) is 32.6 Å². The van der Waals surface area contributed by atoms with Crippen LogP contribution in [0.25, 0.3) is 0 Å². The molecule has 0 fully saturated rings. The van der Waals surface area contributed by atoms with E-state index in [1.54, 1.807) is 6.07 Å². The van der Waals surface area contributed by atoms with Gasteiger partial charge in [0.25, 0.3) is 0 Å². The molecule has 0 spiro atoms. The fourth-order valence-corrected chi connectivity index (χ4v) is 3.29. The van der Waals surface area contributed by atoms with E-state index in [1.807, 2.05) is 6.92 Å². The number of ketones is 1. The molecule has 118 valence electrons. The van der Waals surface area contributed by atoms with Gasteiger partial charge in [-0.1, -0.05) is 33.8 Å². The lowest BCUT2D eigenvalue weighted by molar-refractivity contribution is -0.131. The maximum absolute atomic E-state index is 13.2. The SMILES string of the molecule is CCN(CC)C(CC)(CC)C(=O)Cc1ccc(F)cc1C. The van der Waals surface area contributed by atoms with Crippen LogP contribution in [0.1, 0.15) is 51.7 Å². The van der Waals surface area contributed by atoms with Crippen molar-refractivity contribution in [2.75, 3.05) is 13.1 Å². The Morgan fingerprint density at radius 2 is 1.71 bits per heavy atom. The van der Waals surface area contributed by atoms with Crippen LogP contribution in [0.15, 0.2) is 18.2 Å². The van der Waals surface area contributed by atoms with E-state index in [1.165, 1.54) is 12.1 Å². The van der Waals surface area contributed by atoms with E-state index < -0.39 is 5.54 Å². The molecule has 1 rings (SSSR count). The fourth-order valence-electron chi connectivity index (χ4n) is 3.29. The molecule has 0 aliphatic carbocycles. The van der Waals surface area contributed by atoms with E-state index >= 15 is 0 Å². The van der Waals surface area contributed by atoms with Crippen molar-refractivity contribution >= 4 is 5.78 Å². The first kappa shape index (κ1) is 17.8. The van der Waals surface area contributed by atoms with E-state index in [0.717, 1.165) is 37.1 Å². The quantitative estimate of drug-likeness (QED) is 0.718. The molecule has 2 nitrogen and oxygen atoms in total. The van der Waals surface area contributed by atoms with Gasteiger partial charge in [0.05, 0.1) is 5.54 Å². The van der Waals surface area contributed by atoms with Crippen LogP contribution in [-0.4, -0.2) is 29.3 Å². The Morgan fingerprint density at radius 3 is 2.14 bits per heavy atom. The molecule has 0 radical (unpaired) electrons. The van der Waals surface area contributed by atoms with Gasteiger partial charge < -0.3 is 0 Å². The number of benzene rings is 1. The van der Waals surface area contributed by atoms with Gasteiger partial charge in [-0.25, -0.2) is 4.39 Å². The highest BCUT2D eigenvalue weighted by molar-refractivity contribution is 5.90. The van der Waals surface area contributed by atoms with Crippen molar-refractivity contribution in [1.29, 1.82) is 0 Å². The van der Waals surface area contributed by atoms with E-state index in [0.29, 0.717) is 6.42 Å². The molecule has 0 unspecified atom stereocenters. The molecule has 0 aliphatic heterocycles. The Labute approximate surface area is 128 Å². The maximum Gasteiger partial charge on any atom is 0.157 e. The molecule has 21 heavy (non-hydrogen) atoms. The van der Waals surface area contributed by atoms with Gasteiger partial charge in [-0.05, 0) is 56.1 Å². The van der Waals surface area contributed by atoms with Crippen molar-refractivity contribution < 1.29 is 9.18 Å². The minimum Gasteiger partial charge on any atom is -0.297 e. The van der Waals surface area contributed by atoms with E-state index in [4.69, 9.17) is 0 Å². The van der Waals surface area contributed by atoms with Crippen LogP contribution in [0.5, 0.6) is 0 Å². The summed E-state index contributed by atoms with van der Waals surface area (Å²) in [6.45, 7) is 12.0. The standard InChI is InChI=1S/C18H28FNO/c1-6-18(7-2,20(8-3)9-4)17(21)13-15-10-11-16(19)12-14(15)5/h10-12H,6-9,13H2,1-5H3. The molecular weight excluding hydrogens is 265 g/mol. The summed E-state index contributed by atoms with van der Waals surface area (Å²) in [5, 5.41) is 0. The number of aryl methyl sites for hydroxylation is 1.